The molecule has 2 aromatic heterocycles. The van der Waals surface area contributed by atoms with Crippen LogP contribution in [0.4, 0.5) is 5.69 Å². The number of furan rings is 1. The van der Waals surface area contributed by atoms with Gasteiger partial charge >= 0.3 is 5.97 Å². The number of carbonyl (C=O) groups excluding carboxylic acids is 1. The van der Waals surface area contributed by atoms with Crippen molar-refractivity contribution in [3.8, 4) is 5.75 Å². The predicted octanol–water partition coefficient (Wildman–Crippen LogP) is 6.03. The number of rotatable bonds is 7. The van der Waals surface area contributed by atoms with E-state index in [1.165, 1.54) is 23.9 Å². The normalized spacial score (nSPS) is 15.7. The van der Waals surface area contributed by atoms with Gasteiger partial charge in [0.25, 0.3) is 5.91 Å². The van der Waals surface area contributed by atoms with Gasteiger partial charge < -0.3 is 19.6 Å². The molecule has 0 radical (unpaired) electrons. The molecule has 4 aromatic rings. The Morgan fingerprint density at radius 3 is 2.97 bits per heavy atom. The molecule has 1 amide bonds. The SMILES string of the molecule is CCOc1ccc2nc(Sc3ccc(/C=C4\SC(=Nc5cccc(C(=O)O)c5)NC4=O)o3)sc2c1. The summed E-state index contributed by atoms with van der Waals surface area (Å²) in [6.07, 6.45) is 1.65. The number of ether oxygens (including phenoxy) is 1. The second kappa shape index (κ2) is 9.98. The summed E-state index contributed by atoms with van der Waals surface area (Å²) in [5.74, 6) is 0.00401. The lowest BCUT2D eigenvalue weighted by Crippen LogP contribution is -2.19. The van der Waals surface area contributed by atoms with Crippen LogP contribution in [-0.2, 0) is 4.79 Å². The van der Waals surface area contributed by atoms with Gasteiger partial charge in [-0.15, -0.1) is 11.3 Å². The van der Waals surface area contributed by atoms with Crippen LogP contribution in [0.3, 0.4) is 0 Å². The van der Waals surface area contributed by atoms with E-state index in [2.05, 4.69) is 15.3 Å². The molecule has 1 aliphatic rings. The average molecular weight is 524 g/mol. The Kier molecular flexibility index (Phi) is 6.62. The molecule has 176 valence electrons. The summed E-state index contributed by atoms with van der Waals surface area (Å²) < 4.78 is 13.3. The maximum absolute atomic E-state index is 12.4. The smallest absolute Gasteiger partial charge is 0.335 e. The summed E-state index contributed by atoms with van der Waals surface area (Å²) >= 11 is 4.12. The van der Waals surface area contributed by atoms with Crippen molar-refractivity contribution in [2.75, 3.05) is 6.61 Å². The van der Waals surface area contributed by atoms with Crippen molar-refractivity contribution in [1.29, 1.82) is 0 Å². The third-order valence-corrected chi connectivity index (χ3v) is 7.60. The van der Waals surface area contributed by atoms with Gasteiger partial charge in [0.1, 0.15) is 11.5 Å². The Morgan fingerprint density at radius 1 is 1.26 bits per heavy atom. The number of hydrogen-bond donors (Lipinski definition) is 2. The molecule has 5 rings (SSSR count). The lowest BCUT2D eigenvalue weighted by atomic mass is 10.2. The lowest BCUT2D eigenvalue weighted by Gasteiger charge is -2.00. The van der Waals surface area contributed by atoms with Crippen molar-refractivity contribution in [2.24, 2.45) is 4.99 Å². The Labute approximate surface area is 212 Å². The van der Waals surface area contributed by atoms with Crippen LogP contribution in [0.25, 0.3) is 16.3 Å². The highest BCUT2D eigenvalue weighted by molar-refractivity contribution is 8.18. The van der Waals surface area contributed by atoms with Crippen LogP contribution in [0, 0.1) is 0 Å². The molecule has 0 spiro atoms. The number of aromatic carboxylic acids is 1. The van der Waals surface area contributed by atoms with Crippen LogP contribution >= 0.6 is 34.9 Å². The topological polar surface area (TPSA) is 114 Å². The molecule has 2 aromatic carbocycles. The molecule has 0 unspecified atom stereocenters. The van der Waals surface area contributed by atoms with Crippen LogP contribution in [0.5, 0.6) is 5.75 Å². The van der Waals surface area contributed by atoms with Gasteiger partial charge in [0.15, 0.2) is 14.6 Å². The number of aromatic nitrogens is 1. The monoisotopic (exact) mass is 523 g/mol. The van der Waals surface area contributed by atoms with Gasteiger partial charge in [0.05, 0.1) is 33.0 Å². The van der Waals surface area contributed by atoms with Crippen molar-refractivity contribution < 1.29 is 23.8 Å². The second-order valence-electron chi connectivity index (χ2n) is 7.14. The quantitative estimate of drug-likeness (QED) is 0.282. The standard InChI is InChI=1S/C24H17N3O5S3/c1-2-31-15-6-8-17-18(11-15)34-24(26-17)35-20-9-7-16(32-20)12-19-21(28)27-23(33-19)25-14-5-3-4-13(10-14)22(29)30/h3-12H,2H2,1H3,(H,29,30)(H,25,27,28)/b19-12-. The van der Waals surface area contributed by atoms with E-state index in [0.717, 1.165) is 32.1 Å². The molecule has 3 heterocycles. The molecule has 0 atom stereocenters. The van der Waals surface area contributed by atoms with Gasteiger partial charge in [-0.3, -0.25) is 4.79 Å². The summed E-state index contributed by atoms with van der Waals surface area (Å²) in [7, 11) is 0. The Bertz CT molecular complexity index is 1510. The number of amidine groups is 1. The van der Waals surface area contributed by atoms with Gasteiger partial charge in [-0.1, -0.05) is 6.07 Å². The Morgan fingerprint density at radius 2 is 2.14 bits per heavy atom. The number of nitrogens with zero attached hydrogens (tertiary/aromatic N) is 2. The van der Waals surface area contributed by atoms with E-state index in [9.17, 15) is 9.59 Å². The fourth-order valence-corrected chi connectivity index (χ4v) is 5.99. The van der Waals surface area contributed by atoms with Crippen LogP contribution in [0.1, 0.15) is 23.0 Å². The average Bonchev–Trinajstić information content (AvgIpc) is 3.53. The number of hydrogen-bond acceptors (Lipinski definition) is 9. The predicted molar refractivity (Wildman–Crippen MR) is 138 cm³/mol. The molecule has 8 nitrogen and oxygen atoms in total. The molecule has 0 saturated carbocycles. The van der Waals surface area contributed by atoms with Gasteiger partial charge in [0, 0.05) is 6.08 Å². The van der Waals surface area contributed by atoms with Crippen molar-refractivity contribution >= 4 is 73.9 Å². The van der Waals surface area contributed by atoms with Crippen LogP contribution < -0.4 is 10.1 Å². The molecule has 1 fully saturated rings. The summed E-state index contributed by atoms with van der Waals surface area (Å²) in [4.78, 5) is 32.9. The number of carboxylic acid groups (broad SMARTS) is 1. The lowest BCUT2D eigenvalue weighted by molar-refractivity contribution is -0.115. The highest BCUT2D eigenvalue weighted by atomic mass is 32.2. The number of thiazole rings is 1. The zero-order chi connectivity index (χ0) is 24.4. The van der Waals surface area contributed by atoms with Crippen molar-refractivity contribution in [1.82, 2.24) is 10.3 Å². The van der Waals surface area contributed by atoms with Crippen molar-refractivity contribution in [2.45, 2.75) is 16.4 Å². The zero-order valence-corrected chi connectivity index (χ0v) is 20.6. The summed E-state index contributed by atoms with van der Waals surface area (Å²) in [6, 6.07) is 15.6. The number of thioether (sulfide) groups is 1. The number of nitrogens with one attached hydrogen (secondary N) is 1. The number of benzene rings is 2. The van der Waals surface area contributed by atoms with Crippen LogP contribution in [-0.4, -0.2) is 33.7 Å². The van der Waals surface area contributed by atoms with E-state index in [1.54, 1.807) is 35.6 Å². The van der Waals surface area contributed by atoms with E-state index in [-0.39, 0.29) is 11.5 Å². The highest BCUT2D eigenvalue weighted by Crippen LogP contribution is 2.37. The van der Waals surface area contributed by atoms with Gasteiger partial charge in [-0.05, 0) is 79.0 Å². The van der Waals surface area contributed by atoms with E-state index in [1.807, 2.05) is 31.2 Å². The molecule has 11 heteroatoms. The molecular formula is C24H17N3O5S3. The fourth-order valence-electron chi connectivity index (χ4n) is 3.17. The first-order chi connectivity index (χ1) is 17.0. The molecule has 0 aliphatic carbocycles. The first-order valence-corrected chi connectivity index (χ1v) is 12.9. The maximum atomic E-state index is 12.4. The highest BCUT2D eigenvalue weighted by Gasteiger charge is 2.24. The fraction of sp³-hybridized carbons (Fsp3) is 0.0833. The third kappa shape index (κ3) is 5.42. The minimum Gasteiger partial charge on any atom is -0.494 e. The van der Waals surface area contributed by atoms with E-state index in [4.69, 9.17) is 14.3 Å². The Hall–Kier alpha value is -3.54. The van der Waals surface area contributed by atoms with E-state index >= 15 is 0 Å². The maximum Gasteiger partial charge on any atom is 0.335 e. The largest absolute Gasteiger partial charge is 0.494 e. The molecule has 0 bridgehead atoms. The first kappa shape index (κ1) is 23.2. The molecule has 2 N–H and O–H groups in total. The number of carboxylic acids is 1. The molecule has 1 aliphatic heterocycles. The van der Waals surface area contributed by atoms with Crippen molar-refractivity contribution in [3.63, 3.8) is 0 Å². The Balaban J connectivity index is 1.29. The van der Waals surface area contributed by atoms with Crippen molar-refractivity contribution in [3.05, 3.63) is 70.8 Å². The summed E-state index contributed by atoms with van der Waals surface area (Å²) in [5, 5.41) is 12.8. The van der Waals surface area contributed by atoms with Gasteiger partial charge in [-0.25, -0.2) is 14.8 Å². The first-order valence-electron chi connectivity index (χ1n) is 10.4. The van der Waals surface area contributed by atoms with Gasteiger partial charge in [0.2, 0.25) is 0 Å². The van der Waals surface area contributed by atoms with E-state index in [0.29, 0.717) is 33.2 Å². The number of carbonyl (C=O) groups is 2. The summed E-state index contributed by atoms with van der Waals surface area (Å²) in [5.41, 5.74) is 1.46. The van der Waals surface area contributed by atoms with Gasteiger partial charge in [-0.2, -0.15) is 0 Å². The molecule has 35 heavy (non-hydrogen) atoms. The molecule has 1 saturated heterocycles. The number of aliphatic imine (C=N–C) groups is 1. The summed E-state index contributed by atoms with van der Waals surface area (Å²) in [6.45, 7) is 2.56. The minimum atomic E-state index is -1.04. The third-order valence-electron chi connectivity index (χ3n) is 4.69. The minimum absolute atomic E-state index is 0.125. The number of amides is 1. The second-order valence-corrected chi connectivity index (χ2v) is 10.5. The number of fused-ring (bicyclic) bond motifs is 1. The molecular weight excluding hydrogens is 506 g/mol. The van der Waals surface area contributed by atoms with Crippen LogP contribution in [0.15, 0.2) is 78.3 Å². The zero-order valence-electron chi connectivity index (χ0n) is 18.2. The van der Waals surface area contributed by atoms with E-state index < -0.39 is 5.97 Å². The van der Waals surface area contributed by atoms with Crippen LogP contribution in [0.2, 0.25) is 0 Å².